The standard InChI is InChI=1S/C30H33N9O2S/c1-4-39-27(35(3)28-33-25(24(14-31)42-28)21-7-5-20(2)6-8-21)23-13-22(15-32-26(23)34-39)37-16-30(17-37)18-38(19-30)29(40)36-9-11-41-12-10-36/h5-8,13,15H,4,9-12,16-19H2,1-3H3. The highest BCUT2D eigenvalue weighted by Gasteiger charge is 2.54. The van der Waals surface area contributed by atoms with Crippen LogP contribution in [0, 0.1) is 23.7 Å². The van der Waals surface area contributed by atoms with Crippen molar-refractivity contribution in [3.8, 4) is 17.3 Å². The molecule has 4 aromatic rings. The van der Waals surface area contributed by atoms with E-state index in [1.54, 1.807) is 0 Å². The Labute approximate surface area is 248 Å². The Morgan fingerprint density at radius 2 is 1.88 bits per heavy atom. The van der Waals surface area contributed by atoms with Crippen molar-refractivity contribution in [1.82, 2.24) is 29.5 Å². The molecule has 3 aliphatic rings. The molecule has 2 amide bonds. The molecule has 0 bridgehead atoms. The second kappa shape index (κ2) is 10.3. The van der Waals surface area contributed by atoms with Gasteiger partial charge in [-0.15, -0.1) is 0 Å². The van der Waals surface area contributed by atoms with Gasteiger partial charge in [0.2, 0.25) is 0 Å². The average molecular weight is 584 g/mol. The van der Waals surface area contributed by atoms with Gasteiger partial charge in [0.05, 0.1) is 30.5 Å². The van der Waals surface area contributed by atoms with E-state index in [1.807, 2.05) is 63.8 Å². The van der Waals surface area contributed by atoms with Crippen molar-refractivity contribution >= 4 is 45.0 Å². The van der Waals surface area contributed by atoms with Gasteiger partial charge < -0.3 is 24.3 Å². The minimum Gasteiger partial charge on any atom is -0.378 e. The second-order valence-electron chi connectivity index (χ2n) is 11.5. The number of aryl methyl sites for hydroxylation is 2. The number of benzene rings is 1. The number of anilines is 3. The number of rotatable bonds is 5. The lowest BCUT2D eigenvalue weighted by molar-refractivity contribution is -0.0179. The molecule has 0 atom stereocenters. The van der Waals surface area contributed by atoms with Crippen LogP contribution in [-0.4, -0.2) is 95.1 Å². The molecular formula is C30H33N9O2S. The molecular weight excluding hydrogens is 550 g/mol. The van der Waals surface area contributed by atoms with Crippen LogP contribution in [0.25, 0.3) is 22.3 Å². The zero-order chi connectivity index (χ0) is 29.0. The third-order valence-electron chi connectivity index (χ3n) is 8.52. The molecule has 11 nitrogen and oxygen atoms in total. The van der Waals surface area contributed by atoms with Gasteiger partial charge >= 0.3 is 6.03 Å². The van der Waals surface area contributed by atoms with Crippen molar-refractivity contribution in [2.45, 2.75) is 20.4 Å². The summed E-state index contributed by atoms with van der Waals surface area (Å²) in [6, 6.07) is 12.7. The minimum atomic E-state index is 0.136. The number of nitriles is 1. The molecule has 12 heteroatoms. The van der Waals surface area contributed by atoms with Crippen molar-refractivity contribution in [2.75, 3.05) is 69.3 Å². The zero-order valence-electron chi connectivity index (χ0n) is 24.1. The quantitative estimate of drug-likeness (QED) is 0.346. The smallest absolute Gasteiger partial charge is 0.320 e. The Kier molecular flexibility index (Phi) is 6.51. The number of carbonyl (C=O) groups is 1. The van der Waals surface area contributed by atoms with E-state index in [9.17, 15) is 10.1 Å². The molecule has 0 N–H and O–H groups in total. The molecule has 3 saturated heterocycles. The summed E-state index contributed by atoms with van der Waals surface area (Å²) >= 11 is 1.38. The fraction of sp³-hybridized carbons (Fsp3) is 0.433. The number of fused-ring (bicyclic) bond motifs is 1. The van der Waals surface area contributed by atoms with Gasteiger partial charge in [0.1, 0.15) is 22.5 Å². The Hall–Kier alpha value is -4.21. The maximum absolute atomic E-state index is 12.8. The van der Waals surface area contributed by atoms with Gasteiger partial charge in [-0.05, 0) is 19.9 Å². The molecule has 3 aromatic heterocycles. The summed E-state index contributed by atoms with van der Waals surface area (Å²) in [6.45, 7) is 10.8. The normalized spacial score (nSPS) is 17.7. The average Bonchev–Trinajstić information content (AvgIpc) is 3.57. The lowest BCUT2D eigenvalue weighted by atomic mass is 9.72. The minimum absolute atomic E-state index is 0.136. The Balaban J connectivity index is 1.11. The van der Waals surface area contributed by atoms with E-state index in [0.29, 0.717) is 49.1 Å². The highest BCUT2D eigenvalue weighted by atomic mass is 32.1. The molecule has 0 saturated carbocycles. The van der Waals surface area contributed by atoms with Crippen LogP contribution in [0.15, 0.2) is 36.5 Å². The lowest BCUT2D eigenvalue weighted by Gasteiger charge is -2.61. The lowest BCUT2D eigenvalue weighted by Crippen LogP contribution is -2.74. The summed E-state index contributed by atoms with van der Waals surface area (Å²) in [4.78, 5) is 31.3. The number of thiazole rings is 1. The van der Waals surface area contributed by atoms with Gasteiger partial charge in [-0.1, -0.05) is 41.2 Å². The molecule has 216 valence electrons. The molecule has 1 spiro atoms. The van der Waals surface area contributed by atoms with E-state index in [0.717, 1.165) is 59.3 Å². The SMILES string of the molecule is CCn1nc2ncc(N3CC4(CN(C(=O)N5CCOCC5)C4)C3)cc2c1N(C)c1nc(-c2ccc(C)cc2)c(C#N)s1. The van der Waals surface area contributed by atoms with Crippen molar-refractivity contribution in [2.24, 2.45) is 5.41 Å². The van der Waals surface area contributed by atoms with Crippen LogP contribution < -0.4 is 9.80 Å². The first kappa shape index (κ1) is 26.7. The van der Waals surface area contributed by atoms with E-state index in [-0.39, 0.29) is 11.4 Å². The summed E-state index contributed by atoms with van der Waals surface area (Å²) in [5.41, 5.74) is 4.68. The van der Waals surface area contributed by atoms with Gasteiger partial charge in [0, 0.05) is 63.8 Å². The first-order chi connectivity index (χ1) is 20.4. The predicted octanol–water partition coefficient (Wildman–Crippen LogP) is 4.10. The van der Waals surface area contributed by atoms with Gasteiger partial charge in [0.15, 0.2) is 10.8 Å². The van der Waals surface area contributed by atoms with Crippen LogP contribution in [0.2, 0.25) is 0 Å². The van der Waals surface area contributed by atoms with Crippen molar-refractivity contribution in [3.63, 3.8) is 0 Å². The first-order valence-electron chi connectivity index (χ1n) is 14.3. The summed E-state index contributed by atoms with van der Waals surface area (Å²) in [5.74, 6) is 0.900. The molecule has 0 unspecified atom stereocenters. The van der Waals surface area contributed by atoms with Crippen molar-refractivity contribution in [3.05, 3.63) is 47.0 Å². The van der Waals surface area contributed by atoms with Crippen LogP contribution in [-0.2, 0) is 11.3 Å². The zero-order valence-corrected chi connectivity index (χ0v) is 24.9. The molecule has 42 heavy (non-hydrogen) atoms. The molecule has 1 aromatic carbocycles. The van der Waals surface area contributed by atoms with Gasteiger partial charge in [0.25, 0.3) is 0 Å². The van der Waals surface area contributed by atoms with Crippen LogP contribution in [0.3, 0.4) is 0 Å². The van der Waals surface area contributed by atoms with Crippen LogP contribution >= 0.6 is 11.3 Å². The fourth-order valence-electron chi connectivity index (χ4n) is 6.26. The maximum atomic E-state index is 12.8. The Bertz CT molecular complexity index is 1690. The first-order valence-corrected chi connectivity index (χ1v) is 15.1. The van der Waals surface area contributed by atoms with Crippen LogP contribution in [0.4, 0.5) is 21.4 Å². The second-order valence-corrected chi connectivity index (χ2v) is 12.5. The Morgan fingerprint density at radius 1 is 1.14 bits per heavy atom. The number of likely N-dealkylation sites (tertiary alicyclic amines) is 1. The van der Waals surface area contributed by atoms with Crippen molar-refractivity contribution < 1.29 is 9.53 Å². The molecule has 3 aliphatic heterocycles. The number of amides is 2. The third-order valence-corrected chi connectivity index (χ3v) is 9.56. The topological polar surface area (TPSA) is 107 Å². The highest BCUT2D eigenvalue weighted by Crippen LogP contribution is 2.44. The fourth-order valence-corrected chi connectivity index (χ4v) is 7.11. The molecule has 0 aliphatic carbocycles. The van der Waals surface area contributed by atoms with E-state index in [1.165, 1.54) is 11.3 Å². The van der Waals surface area contributed by atoms with E-state index < -0.39 is 0 Å². The number of nitrogens with zero attached hydrogens (tertiary/aromatic N) is 9. The largest absolute Gasteiger partial charge is 0.378 e. The van der Waals surface area contributed by atoms with Gasteiger partial charge in [-0.3, -0.25) is 0 Å². The summed E-state index contributed by atoms with van der Waals surface area (Å²) in [5, 5.41) is 16.3. The number of carbonyl (C=O) groups excluding carboxylic acids is 1. The molecule has 7 rings (SSSR count). The molecule has 6 heterocycles. The van der Waals surface area contributed by atoms with Gasteiger partial charge in [-0.25, -0.2) is 19.4 Å². The number of aromatic nitrogens is 4. The summed E-state index contributed by atoms with van der Waals surface area (Å²) < 4.78 is 7.33. The number of pyridine rings is 1. The Morgan fingerprint density at radius 3 is 2.57 bits per heavy atom. The van der Waals surface area contributed by atoms with E-state index >= 15 is 0 Å². The highest BCUT2D eigenvalue weighted by molar-refractivity contribution is 7.16. The van der Waals surface area contributed by atoms with Crippen LogP contribution in [0.5, 0.6) is 0 Å². The molecule has 3 fully saturated rings. The number of hydrogen-bond donors (Lipinski definition) is 0. The molecule has 0 radical (unpaired) electrons. The number of hydrogen-bond acceptors (Lipinski definition) is 9. The van der Waals surface area contributed by atoms with E-state index in [2.05, 4.69) is 24.0 Å². The van der Waals surface area contributed by atoms with Crippen molar-refractivity contribution in [1.29, 1.82) is 5.26 Å². The van der Waals surface area contributed by atoms with Gasteiger partial charge in [-0.2, -0.15) is 10.4 Å². The maximum Gasteiger partial charge on any atom is 0.320 e. The number of urea groups is 1. The number of ether oxygens (including phenoxy) is 1. The third kappa shape index (κ3) is 4.44. The monoisotopic (exact) mass is 583 g/mol. The summed E-state index contributed by atoms with van der Waals surface area (Å²) in [7, 11) is 1.97. The van der Waals surface area contributed by atoms with Crippen LogP contribution in [0.1, 0.15) is 17.4 Å². The summed E-state index contributed by atoms with van der Waals surface area (Å²) in [6.07, 6.45) is 1.90. The van der Waals surface area contributed by atoms with E-state index in [4.69, 9.17) is 19.8 Å². The predicted molar refractivity (Wildman–Crippen MR) is 162 cm³/mol. The number of morpholine rings is 1.